The van der Waals surface area contributed by atoms with Crippen LogP contribution in [0.3, 0.4) is 0 Å². The Labute approximate surface area is 111 Å². The third-order valence-corrected chi connectivity index (χ3v) is 3.84. The lowest BCUT2D eigenvalue weighted by atomic mass is 10.3. The molecule has 1 N–H and O–H groups in total. The molecule has 2 heterocycles. The molecular formula is C11H14N4O3S. The molecule has 19 heavy (non-hydrogen) atoms. The van der Waals surface area contributed by atoms with Crippen molar-refractivity contribution in [2.75, 3.05) is 5.75 Å². The molecule has 0 unspecified atom stereocenters. The molecule has 0 aliphatic rings. The van der Waals surface area contributed by atoms with Gasteiger partial charge in [-0.2, -0.15) is 0 Å². The van der Waals surface area contributed by atoms with E-state index in [-0.39, 0.29) is 18.2 Å². The van der Waals surface area contributed by atoms with Gasteiger partial charge in [0.1, 0.15) is 0 Å². The summed E-state index contributed by atoms with van der Waals surface area (Å²) in [6, 6.07) is 3.47. The first-order valence-corrected chi connectivity index (χ1v) is 7.46. The van der Waals surface area contributed by atoms with Crippen LogP contribution in [0, 0.1) is 0 Å². The Hall–Kier alpha value is -1.80. The third-order valence-electron chi connectivity index (χ3n) is 2.31. The molecule has 0 spiro atoms. The monoisotopic (exact) mass is 282 g/mol. The zero-order valence-electron chi connectivity index (χ0n) is 10.4. The molecule has 102 valence electrons. The van der Waals surface area contributed by atoms with Crippen LogP contribution < -0.4 is 4.72 Å². The summed E-state index contributed by atoms with van der Waals surface area (Å²) >= 11 is 0. The van der Waals surface area contributed by atoms with Crippen molar-refractivity contribution in [1.29, 1.82) is 0 Å². The van der Waals surface area contributed by atoms with Gasteiger partial charge in [-0.05, 0) is 18.6 Å². The van der Waals surface area contributed by atoms with Crippen molar-refractivity contribution in [2.45, 2.75) is 19.9 Å². The lowest BCUT2D eigenvalue weighted by Crippen LogP contribution is -2.25. The number of rotatable bonds is 6. The Morgan fingerprint density at radius 2 is 2.00 bits per heavy atom. The predicted octanol–water partition coefficient (Wildman–Crippen LogP) is 0.961. The molecule has 0 aromatic carbocycles. The molecule has 2 aromatic heterocycles. The van der Waals surface area contributed by atoms with Crippen LogP contribution in [0.25, 0.3) is 11.5 Å². The fraction of sp³-hybridized carbons (Fsp3) is 0.364. The molecule has 2 rings (SSSR count). The summed E-state index contributed by atoms with van der Waals surface area (Å²) in [7, 11) is -3.27. The molecule has 8 heteroatoms. The van der Waals surface area contributed by atoms with Crippen LogP contribution in [0.1, 0.15) is 19.2 Å². The summed E-state index contributed by atoms with van der Waals surface area (Å²) in [5, 5.41) is 7.65. The smallest absolute Gasteiger partial charge is 0.247 e. The van der Waals surface area contributed by atoms with E-state index >= 15 is 0 Å². The van der Waals surface area contributed by atoms with E-state index in [1.165, 1.54) is 0 Å². The first-order valence-electron chi connectivity index (χ1n) is 5.81. The predicted molar refractivity (Wildman–Crippen MR) is 68.4 cm³/mol. The maximum atomic E-state index is 11.5. The summed E-state index contributed by atoms with van der Waals surface area (Å²) in [5.41, 5.74) is 0.741. The van der Waals surface area contributed by atoms with E-state index in [1.807, 2.05) is 0 Å². The van der Waals surface area contributed by atoms with Gasteiger partial charge in [0, 0.05) is 18.0 Å². The van der Waals surface area contributed by atoms with Gasteiger partial charge >= 0.3 is 0 Å². The van der Waals surface area contributed by atoms with Crippen molar-refractivity contribution in [3.8, 4) is 11.5 Å². The molecule has 2 aromatic rings. The van der Waals surface area contributed by atoms with E-state index in [0.717, 1.165) is 5.56 Å². The molecule has 7 nitrogen and oxygen atoms in total. The maximum Gasteiger partial charge on any atom is 0.247 e. The highest BCUT2D eigenvalue weighted by atomic mass is 32.2. The molecule has 0 fully saturated rings. The van der Waals surface area contributed by atoms with E-state index in [1.54, 1.807) is 31.5 Å². The van der Waals surface area contributed by atoms with Crippen LogP contribution in [0.15, 0.2) is 28.9 Å². The number of sulfonamides is 1. The van der Waals surface area contributed by atoms with Crippen LogP contribution in [0.5, 0.6) is 0 Å². The van der Waals surface area contributed by atoms with Crippen molar-refractivity contribution < 1.29 is 12.8 Å². The highest BCUT2D eigenvalue weighted by Gasteiger charge is 2.12. The van der Waals surface area contributed by atoms with E-state index in [0.29, 0.717) is 12.3 Å². The number of pyridine rings is 1. The van der Waals surface area contributed by atoms with E-state index in [4.69, 9.17) is 4.42 Å². The molecule has 0 bridgehead atoms. The van der Waals surface area contributed by atoms with E-state index in [2.05, 4.69) is 19.9 Å². The van der Waals surface area contributed by atoms with Gasteiger partial charge in [0.2, 0.25) is 21.8 Å². The van der Waals surface area contributed by atoms with Crippen molar-refractivity contribution in [1.82, 2.24) is 19.9 Å². The van der Waals surface area contributed by atoms with Crippen molar-refractivity contribution in [2.24, 2.45) is 0 Å². The SMILES string of the molecule is CCCS(=O)(=O)NCc1nnc(-c2ccncc2)o1. The minimum atomic E-state index is -3.27. The second-order valence-corrected chi connectivity index (χ2v) is 5.80. The Kier molecular flexibility index (Phi) is 4.23. The summed E-state index contributed by atoms with van der Waals surface area (Å²) in [6.45, 7) is 1.80. The highest BCUT2D eigenvalue weighted by Crippen LogP contribution is 2.16. The van der Waals surface area contributed by atoms with Crippen molar-refractivity contribution in [3.63, 3.8) is 0 Å². The van der Waals surface area contributed by atoms with Crippen LogP contribution in [-0.4, -0.2) is 29.4 Å². The average Bonchev–Trinajstić information content (AvgIpc) is 2.86. The summed E-state index contributed by atoms with van der Waals surface area (Å²) in [5.74, 6) is 0.650. The number of nitrogens with zero attached hydrogens (tertiary/aromatic N) is 3. The van der Waals surface area contributed by atoms with Gasteiger partial charge in [0.15, 0.2) is 0 Å². The molecular weight excluding hydrogens is 268 g/mol. The van der Waals surface area contributed by atoms with Crippen molar-refractivity contribution in [3.05, 3.63) is 30.4 Å². The zero-order chi connectivity index (χ0) is 13.7. The van der Waals surface area contributed by atoms with Crippen LogP contribution in [0.4, 0.5) is 0 Å². The van der Waals surface area contributed by atoms with E-state index < -0.39 is 10.0 Å². The number of nitrogens with one attached hydrogen (secondary N) is 1. The van der Waals surface area contributed by atoms with Gasteiger partial charge in [-0.15, -0.1) is 10.2 Å². The Morgan fingerprint density at radius 3 is 2.68 bits per heavy atom. The molecule has 0 saturated heterocycles. The van der Waals surface area contributed by atoms with Crippen LogP contribution >= 0.6 is 0 Å². The molecule has 0 atom stereocenters. The normalized spacial score (nSPS) is 11.6. The van der Waals surface area contributed by atoms with Gasteiger partial charge in [-0.25, -0.2) is 13.1 Å². The molecule has 0 saturated carbocycles. The topological polar surface area (TPSA) is 98.0 Å². The Bertz CT molecular complexity index is 624. The Morgan fingerprint density at radius 1 is 1.26 bits per heavy atom. The third kappa shape index (κ3) is 3.83. The minimum Gasteiger partial charge on any atom is -0.419 e. The molecule has 0 radical (unpaired) electrons. The lowest BCUT2D eigenvalue weighted by molar-refractivity contribution is 0.494. The molecule has 0 aliphatic carbocycles. The summed E-state index contributed by atoms with van der Waals surface area (Å²) in [6.07, 6.45) is 3.79. The first kappa shape index (κ1) is 13.6. The fourth-order valence-corrected chi connectivity index (χ4v) is 2.47. The summed E-state index contributed by atoms with van der Waals surface area (Å²) < 4.78 is 30.7. The van der Waals surface area contributed by atoms with Gasteiger partial charge in [-0.1, -0.05) is 6.92 Å². The second kappa shape index (κ2) is 5.89. The quantitative estimate of drug-likeness (QED) is 0.847. The van der Waals surface area contributed by atoms with Crippen LogP contribution in [-0.2, 0) is 16.6 Å². The molecule has 0 amide bonds. The zero-order valence-corrected chi connectivity index (χ0v) is 11.2. The highest BCUT2D eigenvalue weighted by molar-refractivity contribution is 7.89. The second-order valence-electron chi connectivity index (χ2n) is 3.88. The fourth-order valence-electron chi connectivity index (χ4n) is 1.45. The number of hydrogen-bond donors (Lipinski definition) is 1. The van der Waals surface area contributed by atoms with Crippen LogP contribution in [0.2, 0.25) is 0 Å². The standard InChI is InChI=1S/C11H14N4O3S/c1-2-7-19(16,17)13-8-10-14-15-11(18-10)9-3-5-12-6-4-9/h3-6,13H,2,7-8H2,1H3. The average molecular weight is 282 g/mol. The van der Waals surface area contributed by atoms with Gasteiger partial charge in [0.25, 0.3) is 0 Å². The largest absolute Gasteiger partial charge is 0.419 e. The minimum absolute atomic E-state index is 0.000414. The summed E-state index contributed by atoms with van der Waals surface area (Å²) in [4.78, 5) is 3.89. The van der Waals surface area contributed by atoms with Gasteiger partial charge < -0.3 is 4.42 Å². The lowest BCUT2D eigenvalue weighted by Gasteiger charge is -2.01. The van der Waals surface area contributed by atoms with Crippen molar-refractivity contribution >= 4 is 10.0 Å². The van der Waals surface area contributed by atoms with Gasteiger partial charge in [-0.3, -0.25) is 4.98 Å². The number of aromatic nitrogens is 3. The van der Waals surface area contributed by atoms with Gasteiger partial charge in [0.05, 0.1) is 12.3 Å². The first-order chi connectivity index (χ1) is 9.11. The molecule has 0 aliphatic heterocycles. The Balaban J connectivity index is 2.03. The number of hydrogen-bond acceptors (Lipinski definition) is 6. The maximum absolute atomic E-state index is 11.5. The van der Waals surface area contributed by atoms with E-state index in [9.17, 15) is 8.42 Å².